The number of alkyl halides is 3. The Morgan fingerprint density at radius 3 is 2.43 bits per heavy atom. The van der Waals surface area contributed by atoms with Gasteiger partial charge in [0.05, 0.1) is 11.3 Å². The van der Waals surface area contributed by atoms with Crippen molar-refractivity contribution in [2.75, 3.05) is 5.73 Å². The van der Waals surface area contributed by atoms with Crippen molar-refractivity contribution in [3.05, 3.63) is 41.0 Å². The lowest BCUT2D eigenvalue weighted by atomic mass is 10.0. The molecular formula is C14H13F4N3. The van der Waals surface area contributed by atoms with Crippen LogP contribution in [-0.4, -0.2) is 9.97 Å². The number of aryl methyl sites for hydroxylation is 1. The average Bonchev–Trinajstić information content (AvgIpc) is 2.41. The molecule has 2 rings (SSSR count). The van der Waals surface area contributed by atoms with Gasteiger partial charge in [0, 0.05) is 17.5 Å². The molecule has 0 radical (unpaired) electrons. The number of nitrogens with two attached hydrogens (primary N) is 1. The summed E-state index contributed by atoms with van der Waals surface area (Å²) in [4.78, 5) is 8.23. The average molecular weight is 299 g/mol. The number of nitrogen functional groups attached to an aromatic ring is 1. The number of nitrogens with zero attached hydrogens (tertiary/aromatic N) is 2. The summed E-state index contributed by atoms with van der Waals surface area (Å²) < 4.78 is 51.6. The Morgan fingerprint density at radius 2 is 1.86 bits per heavy atom. The van der Waals surface area contributed by atoms with Gasteiger partial charge >= 0.3 is 6.18 Å². The van der Waals surface area contributed by atoms with Crippen LogP contribution in [0, 0.1) is 12.7 Å². The van der Waals surface area contributed by atoms with E-state index < -0.39 is 17.6 Å². The Labute approximate surface area is 118 Å². The predicted octanol–water partition coefficient (Wildman–Crippen LogP) is 3.75. The van der Waals surface area contributed by atoms with E-state index in [0.29, 0.717) is 17.8 Å². The van der Waals surface area contributed by atoms with Gasteiger partial charge in [-0.05, 0) is 25.1 Å². The van der Waals surface area contributed by atoms with E-state index in [1.807, 2.05) is 0 Å². The third-order valence-electron chi connectivity index (χ3n) is 3.09. The molecule has 2 N–H and O–H groups in total. The molecular weight excluding hydrogens is 286 g/mol. The van der Waals surface area contributed by atoms with Gasteiger partial charge in [0.25, 0.3) is 0 Å². The molecule has 0 fully saturated rings. The van der Waals surface area contributed by atoms with E-state index in [1.165, 1.54) is 6.07 Å². The molecule has 0 atom stereocenters. The quantitative estimate of drug-likeness (QED) is 0.859. The summed E-state index contributed by atoms with van der Waals surface area (Å²) in [5.74, 6) is -0.692. The van der Waals surface area contributed by atoms with E-state index in [9.17, 15) is 17.6 Å². The summed E-state index contributed by atoms with van der Waals surface area (Å²) >= 11 is 0. The fraction of sp³-hybridized carbons (Fsp3) is 0.286. The van der Waals surface area contributed by atoms with Crippen LogP contribution in [0.15, 0.2) is 18.2 Å². The molecule has 0 saturated carbocycles. The van der Waals surface area contributed by atoms with Crippen LogP contribution >= 0.6 is 0 Å². The minimum atomic E-state index is -4.76. The summed E-state index contributed by atoms with van der Waals surface area (Å²) in [6, 6.07) is 2.77. The normalized spacial score (nSPS) is 11.7. The number of benzene rings is 1. The smallest absolute Gasteiger partial charge is 0.383 e. The second-order valence-electron chi connectivity index (χ2n) is 4.54. The molecule has 0 aliphatic rings. The predicted molar refractivity (Wildman–Crippen MR) is 71.0 cm³/mol. The fourth-order valence-corrected chi connectivity index (χ4v) is 1.91. The van der Waals surface area contributed by atoms with Crippen LogP contribution in [0.25, 0.3) is 11.3 Å². The lowest BCUT2D eigenvalue weighted by Crippen LogP contribution is -2.09. The molecule has 2 aromatic rings. The van der Waals surface area contributed by atoms with E-state index in [-0.39, 0.29) is 17.1 Å². The van der Waals surface area contributed by atoms with E-state index >= 15 is 0 Å². The Balaban J connectivity index is 2.65. The molecule has 112 valence electrons. The molecule has 0 spiro atoms. The highest BCUT2D eigenvalue weighted by atomic mass is 19.4. The topological polar surface area (TPSA) is 51.8 Å². The van der Waals surface area contributed by atoms with Crippen molar-refractivity contribution >= 4 is 5.82 Å². The van der Waals surface area contributed by atoms with Crippen molar-refractivity contribution < 1.29 is 17.6 Å². The zero-order valence-electron chi connectivity index (χ0n) is 11.4. The lowest BCUT2D eigenvalue weighted by molar-refractivity contribution is -0.139. The van der Waals surface area contributed by atoms with Crippen molar-refractivity contribution in [2.24, 2.45) is 0 Å². The van der Waals surface area contributed by atoms with Crippen molar-refractivity contribution in [1.29, 1.82) is 0 Å². The summed E-state index contributed by atoms with van der Waals surface area (Å²) in [7, 11) is 0. The first-order valence-corrected chi connectivity index (χ1v) is 6.24. The number of anilines is 1. The van der Waals surface area contributed by atoms with Crippen LogP contribution in [-0.2, 0) is 12.6 Å². The number of halogens is 4. The first-order valence-electron chi connectivity index (χ1n) is 6.24. The van der Waals surface area contributed by atoms with Gasteiger partial charge in [-0.25, -0.2) is 14.4 Å². The minimum Gasteiger partial charge on any atom is -0.383 e. The first kappa shape index (κ1) is 15.2. The van der Waals surface area contributed by atoms with Crippen molar-refractivity contribution in [3.63, 3.8) is 0 Å². The molecule has 0 unspecified atom stereocenters. The van der Waals surface area contributed by atoms with Crippen LogP contribution in [0.3, 0.4) is 0 Å². The highest BCUT2D eigenvalue weighted by Crippen LogP contribution is 2.35. The molecule has 1 heterocycles. The van der Waals surface area contributed by atoms with E-state index in [1.54, 1.807) is 13.8 Å². The van der Waals surface area contributed by atoms with Gasteiger partial charge in [-0.2, -0.15) is 13.2 Å². The highest BCUT2D eigenvalue weighted by molar-refractivity contribution is 5.68. The monoisotopic (exact) mass is 299 g/mol. The molecule has 0 aliphatic carbocycles. The zero-order valence-corrected chi connectivity index (χ0v) is 11.4. The zero-order chi connectivity index (χ0) is 15.8. The third kappa shape index (κ3) is 2.96. The van der Waals surface area contributed by atoms with Crippen LogP contribution in [0.1, 0.15) is 23.9 Å². The van der Waals surface area contributed by atoms with Gasteiger partial charge in [-0.15, -0.1) is 0 Å². The Kier molecular flexibility index (Phi) is 3.85. The molecule has 1 aromatic heterocycles. The number of hydrogen-bond acceptors (Lipinski definition) is 3. The Bertz CT molecular complexity index is 681. The SMILES string of the molecule is CCc1nc(N)c(C)c(-c2ccc(F)c(C(F)(F)F)c2)n1. The third-order valence-corrected chi connectivity index (χ3v) is 3.09. The maximum absolute atomic E-state index is 13.3. The summed E-state index contributed by atoms with van der Waals surface area (Å²) in [6.07, 6.45) is -4.27. The van der Waals surface area contributed by atoms with Gasteiger partial charge in [0.15, 0.2) is 0 Å². The molecule has 0 bridgehead atoms. The van der Waals surface area contributed by atoms with Crippen LogP contribution in [0.2, 0.25) is 0 Å². The molecule has 0 saturated heterocycles. The van der Waals surface area contributed by atoms with Crippen molar-refractivity contribution in [2.45, 2.75) is 26.4 Å². The Hall–Kier alpha value is -2.18. The van der Waals surface area contributed by atoms with Gasteiger partial charge in [-0.3, -0.25) is 0 Å². The fourth-order valence-electron chi connectivity index (χ4n) is 1.91. The minimum absolute atomic E-state index is 0.157. The molecule has 21 heavy (non-hydrogen) atoms. The number of rotatable bonds is 2. The standard InChI is InChI=1S/C14H13F4N3/c1-3-11-20-12(7(2)13(19)21-11)8-4-5-10(15)9(6-8)14(16,17)18/h4-6H,3H2,1-2H3,(H2,19,20,21). The maximum Gasteiger partial charge on any atom is 0.419 e. The summed E-state index contributed by atoms with van der Waals surface area (Å²) in [6.45, 7) is 3.42. The number of aromatic nitrogens is 2. The van der Waals surface area contributed by atoms with E-state index in [0.717, 1.165) is 12.1 Å². The summed E-state index contributed by atoms with van der Waals surface area (Å²) in [5, 5.41) is 0. The van der Waals surface area contributed by atoms with Gasteiger partial charge in [-0.1, -0.05) is 6.92 Å². The second-order valence-corrected chi connectivity index (χ2v) is 4.54. The molecule has 7 heteroatoms. The van der Waals surface area contributed by atoms with Gasteiger partial charge in [0.2, 0.25) is 0 Å². The number of hydrogen-bond donors (Lipinski definition) is 1. The second kappa shape index (κ2) is 5.31. The van der Waals surface area contributed by atoms with E-state index in [2.05, 4.69) is 9.97 Å². The maximum atomic E-state index is 13.3. The van der Waals surface area contributed by atoms with Crippen molar-refractivity contribution in [3.8, 4) is 11.3 Å². The van der Waals surface area contributed by atoms with Crippen LogP contribution in [0.4, 0.5) is 23.4 Å². The summed E-state index contributed by atoms with van der Waals surface area (Å²) in [5.41, 5.74) is 5.32. The molecule has 1 aromatic carbocycles. The van der Waals surface area contributed by atoms with Gasteiger partial charge in [0.1, 0.15) is 17.5 Å². The largest absolute Gasteiger partial charge is 0.419 e. The van der Waals surface area contributed by atoms with E-state index in [4.69, 9.17) is 5.73 Å². The molecule has 0 amide bonds. The molecule has 0 aliphatic heterocycles. The first-order chi connectivity index (χ1) is 9.74. The lowest BCUT2D eigenvalue weighted by Gasteiger charge is -2.13. The van der Waals surface area contributed by atoms with Crippen molar-refractivity contribution in [1.82, 2.24) is 9.97 Å². The van der Waals surface area contributed by atoms with Crippen LogP contribution < -0.4 is 5.73 Å². The highest BCUT2D eigenvalue weighted by Gasteiger charge is 2.34. The Morgan fingerprint density at radius 1 is 1.19 bits per heavy atom. The van der Waals surface area contributed by atoms with Crippen LogP contribution in [0.5, 0.6) is 0 Å². The van der Waals surface area contributed by atoms with Gasteiger partial charge < -0.3 is 5.73 Å². The molecule has 3 nitrogen and oxygen atoms in total.